The Labute approximate surface area is 181 Å². The lowest BCUT2D eigenvalue weighted by Crippen LogP contribution is -2.41. The molecule has 0 radical (unpaired) electrons. The third-order valence-corrected chi connectivity index (χ3v) is 5.74. The van der Waals surface area contributed by atoms with E-state index in [0.717, 1.165) is 25.9 Å². The van der Waals surface area contributed by atoms with Crippen LogP contribution in [0.2, 0.25) is 0 Å². The number of hydrogen-bond acceptors (Lipinski definition) is 4. The summed E-state index contributed by atoms with van der Waals surface area (Å²) in [7, 11) is 0. The minimum absolute atomic E-state index is 0. The summed E-state index contributed by atoms with van der Waals surface area (Å²) >= 11 is 0. The van der Waals surface area contributed by atoms with Crippen molar-refractivity contribution in [2.45, 2.75) is 31.7 Å². The van der Waals surface area contributed by atoms with Gasteiger partial charge in [-0.15, -0.1) is 12.4 Å². The highest BCUT2D eigenvalue weighted by Crippen LogP contribution is 2.22. The lowest BCUT2D eigenvalue weighted by Gasteiger charge is -2.31. The fraction of sp³-hybridized carbons (Fsp3) is 0.476. The number of halogens is 2. The van der Waals surface area contributed by atoms with Crippen molar-refractivity contribution in [2.75, 3.05) is 31.5 Å². The minimum Gasteiger partial charge on any atom is -0.337 e. The number of amides is 2. The molecule has 2 amide bonds. The Bertz CT molecular complexity index is 859. The van der Waals surface area contributed by atoms with Crippen LogP contribution in [0.3, 0.4) is 0 Å². The molecule has 1 unspecified atom stereocenters. The lowest BCUT2D eigenvalue weighted by atomic mass is 9.95. The third kappa shape index (κ3) is 5.17. The molecule has 2 saturated heterocycles. The number of aromatic nitrogens is 2. The molecule has 0 spiro atoms. The zero-order valence-corrected chi connectivity index (χ0v) is 17.5. The molecule has 2 aliphatic rings. The Morgan fingerprint density at radius 2 is 1.83 bits per heavy atom. The largest absolute Gasteiger partial charge is 0.337 e. The van der Waals surface area contributed by atoms with Crippen molar-refractivity contribution >= 4 is 29.9 Å². The highest BCUT2D eigenvalue weighted by molar-refractivity contribution is 5.94. The summed E-state index contributed by atoms with van der Waals surface area (Å²) in [5.41, 5.74) is 1.04. The van der Waals surface area contributed by atoms with E-state index in [4.69, 9.17) is 0 Å². The van der Waals surface area contributed by atoms with Gasteiger partial charge >= 0.3 is 0 Å². The van der Waals surface area contributed by atoms with Gasteiger partial charge in [0.05, 0.1) is 6.04 Å². The normalized spacial score (nSPS) is 19.8. The van der Waals surface area contributed by atoms with Crippen molar-refractivity contribution in [3.63, 3.8) is 0 Å². The highest BCUT2D eigenvalue weighted by atomic mass is 35.5. The van der Waals surface area contributed by atoms with Gasteiger partial charge in [0.25, 0.3) is 5.91 Å². The first-order valence-corrected chi connectivity index (χ1v) is 10.2. The van der Waals surface area contributed by atoms with Gasteiger partial charge in [0.15, 0.2) is 0 Å². The van der Waals surface area contributed by atoms with Gasteiger partial charge in [0.1, 0.15) is 11.5 Å². The Hall–Kier alpha value is -2.45. The molecule has 4 rings (SSSR count). The second-order valence-corrected chi connectivity index (χ2v) is 7.74. The van der Waals surface area contributed by atoms with E-state index in [0.29, 0.717) is 43.4 Å². The van der Waals surface area contributed by atoms with Crippen molar-refractivity contribution < 1.29 is 14.0 Å². The number of benzene rings is 1. The second-order valence-electron chi connectivity index (χ2n) is 7.74. The van der Waals surface area contributed by atoms with E-state index in [1.807, 2.05) is 10.9 Å². The molecule has 0 saturated carbocycles. The molecular formula is C21H27ClFN5O2. The molecule has 9 heteroatoms. The number of carbonyl (C=O) groups excluding carboxylic acids is 2. The number of rotatable bonds is 4. The average molecular weight is 436 g/mol. The van der Waals surface area contributed by atoms with Crippen LogP contribution >= 0.6 is 12.4 Å². The maximum Gasteiger partial charge on any atom is 0.274 e. The van der Waals surface area contributed by atoms with Gasteiger partial charge in [-0.1, -0.05) is 0 Å². The Kier molecular flexibility index (Phi) is 7.44. The number of nitrogens with zero attached hydrogens (tertiary/aromatic N) is 3. The number of likely N-dealkylation sites (tertiary alicyclic amines) is 1. The van der Waals surface area contributed by atoms with Gasteiger partial charge in [-0.3, -0.25) is 14.3 Å². The Morgan fingerprint density at radius 1 is 1.10 bits per heavy atom. The molecule has 30 heavy (non-hydrogen) atoms. The molecule has 1 aromatic heterocycles. The summed E-state index contributed by atoms with van der Waals surface area (Å²) in [4.78, 5) is 27.0. The summed E-state index contributed by atoms with van der Waals surface area (Å²) in [6.45, 7) is 2.97. The lowest BCUT2D eigenvalue weighted by molar-refractivity contribution is -0.121. The van der Waals surface area contributed by atoms with E-state index in [1.54, 1.807) is 23.1 Å². The molecule has 1 aromatic carbocycles. The molecule has 7 nitrogen and oxygen atoms in total. The number of carbonyl (C=O) groups is 2. The van der Waals surface area contributed by atoms with E-state index >= 15 is 0 Å². The van der Waals surface area contributed by atoms with Crippen LogP contribution in [0.15, 0.2) is 36.5 Å². The fourth-order valence-corrected chi connectivity index (χ4v) is 4.00. The van der Waals surface area contributed by atoms with Crippen molar-refractivity contribution in [1.82, 2.24) is 20.0 Å². The first-order valence-electron chi connectivity index (χ1n) is 10.2. The van der Waals surface area contributed by atoms with Crippen LogP contribution in [0.1, 0.15) is 42.2 Å². The van der Waals surface area contributed by atoms with Crippen molar-refractivity contribution in [2.24, 2.45) is 5.92 Å². The summed E-state index contributed by atoms with van der Waals surface area (Å²) in [5.74, 6) is -0.658. The van der Waals surface area contributed by atoms with Gasteiger partial charge in [-0.05, 0) is 62.6 Å². The SMILES string of the molecule is Cl.O=C(Nc1ccc(F)cc1)C1CCN(C(=O)c2ccn(C3CCCNC3)n2)CC1. The summed E-state index contributed by atoms with van der Waals surface area (Å²) in [5, 5.41) is 10.7. The summed E-state index contributed by atoms with van der Waals surface area (Å²) in [6.07, 6.45) is 5.27. The van der Waals surface area contributed by atoms with E-state index < -0.39 is 0 Å². The Balaban J connectivity index is 0.00000256. The fourth-order valence-electron chi connectivity index (χ4n) is 4.00. The predicted molar refractivity (Wildman–Crippen MR) is 114 cm³/mol. The first-order chi connectivity index (χ1) is 14.1. The van der Waals surface area contributed by atoms with Crippen LogP contribution in [-0.2, 0) is 4.79 Å². The molecule has 2 N–H and O–H groups in total. The monoisotopic (exact) mass is 435 g/mol. The number of anilines is 1. The summed E-state index contributed by atoms with van der Waals surface area (Å²) < 4.78 is 14.9. The van der Waals surface area contributed by atoms with Crippen LogP contribution in [0, 0.1) is 11.7 Å². The van der Waals surface area contributed by atoms with E-state index in [-0.39, 0.29) is 36.0 Å². The molecule has 2 fully saturated rings. The minimum atomic E-state index is -0.336. The quantitative estimate of drug-likeness (QED) is 0.774. The van der Waals surface area contributed by atoms with E-state index in [2.05, 4.69) is 15.7 Å². The number of nitrogens with one attached hydrogen (secondary N) is 2. The van der Waals surface area contributed by atoms with Crippen molar-refractivity contribution in [3.05, 3.63) is 48.0 Å². The number of hydrogen-bond donors (Lipinski definition) is 2. The summed E-state index contributed by atoms with van der Waals surface area (Å²) in [6, 6.07) is 7.81. The van der Waals surface area contributed by atoms with Crippen LogP contribution in [0.5, 0.6) is 0 Å². The van der Waals surface area contributed by atoms with Crippen molar-refractivity contribution in [1.29, 1.82) is 0 Å². The van der Waals surface area contributed by atoms with Gasteiger partial charge in [0.2, 0.25) is 5.91 Å². The van der Waals surface area contributed by atoms with Crippen LogP contribution in [0.25, 0.3) is 0 Å². The molecule has 2 aliphatic heterocycles. The maximum atomic E-state index is 13.0. The van der Waals surface area contributed by atoms with Crippen LogP contribution in [-0.4, -0.2) is 52.7 Å². The molecule has 1 atom stereocenters. The molecule has 0 aliphatic carbocycles. The highest BCUT2D eigenvalue weighted by Gasteiger charge is 2.29. The van der Waals surface area contributed by atoms with Crippen LogP contribution in [0.4, 0.5) is 10.1 Å². The van der Waals surface area contributed by atoms with Gasteiger partial charge in [0, 0.05) is 37.4 Å². The average Bonchev–Trinajstić information content (AvgIpc) is 3.26. The second kappa shape index (κ2) is 10.0. The van der Waals surface area contributed by atoms with E-state index in [9.17, 15) is 14.0 Å². The Morgan fingerprint density at radius 3 is 2.50 bits per heavy atom. The van der Waals surface area contributed by atoms with Gasteiger partial charge < -0.3 is 15.5 Å². The predicted octanol–water partition coefficient (Wildman–Crippen LogP) is 2.86. The van der Waals surface area contributed by atoms with Crippen molar-refractivity contribution in [3.8, 4) is 0 Å². The third-order valence-electron chi connectivity index (χ3n) is 5.74. The molecule has 0 bridgehead atoms. The first kappa shape index (κ1) is 22.2. The zero-order chi connectivity index (χ0) is 20.2. The smallest absolute Gasteiger partial charge is 0.274 e. The topological polar surface area (TPSA) is 79.3 Å². The van der Waals surface area contributed by atoms with E-state index in [1.165, 1.54) is 12.1 Å². The van der Waals surface area contributed by atoms with Gasteiger partial charge in [-0.2, -0.15) is 5.10 Å². The molecule has 162 valence electrons. The standard InChI is InChI=1S/C21H26FN5O2.ClH/c22-16-3-5-17(6-4-16)24-20(28)15-7-11-26(12-8-15)21(29)19-9-13-27(25-19)18-2-1-10-23-14-18;/h3-6,9,13,15,18,23H,1-2,7-8,10-12,14H2,(H,24,28);1H. The van der Waals surface area contributed by atoms with Gasteiger partial charge in [-0.25, -0.2) is 4.39 Å². The molecular weight excluding hydrogens is 409 g/mol. The van der Waals surface area contributed by atoms with Crippen LogP contribution < -0.4 is 10.6 Å². The maximum absolute atomic E-state index is 13.0. The molecule has 3 heterocycles. The number of piperidine rings is 2. The molecule has 2 aromatic rings. The zero-order valence-electron chi connectivity index (χ0n) is 16.7.